The second-order valence-corrected chi connectivity index (χ2v) is 3.22. The molecule has 0 saturated carbocycles. The lowest BCUT2D eigenvalue weighted by Gasteiger charge is -1.92. The summed E-state index contributed by atoms with van der Waals surface area (Å²) >= 11 is 1.20. The SMILES string of the molecule is Cc1c(NC=O)sc(N)c1C#N. The summed E-state index contributed by atoms with van der Waals surface area (Å²) in [6.07, 6.45) is 0.569. The summed E-state index contributed by atoms with van der Waals surface area (Å²) < 4.78 is 0. The summed E-state index contributed by atoms with van der Waals surface area (Å²) in [4.78, 5) is 10.1. The molecule has 62 valence electrons. The van der Waals surface area contributed by atoms with Crippen LogP contribution in [-0.2, 0) is 4.79 Å². The molecule has 0 radical (unpaired) electrons. The van der Waals surface area contributed by atoms with Gasteiger partial charge in [0.05, 0.1) is 5.56 Å². The van der Waals surface area contributed by atoms with Crippen LogP contribution in [0.15, 0.2) is 0 Å². The van der Waals surface area contributed by atoms with Gasteiger partial charge in [-0.15, -0.1) is 0 Å². The number of nitrogens with two attached hydrogens (primary N) is 1. The molecule has 3 N–H and O–H groups in total. The molecule has 1 rings (SSSR count). The number of carbonyl (C=O) groups excluding carboxylic acids is 1. The zero-order valence-corrected chi connectivity index (χ0v) is 7.23. The second-order valence-electron chi connectivity index (χ2n) is 2.17. The second kappa shape index (κ2) is 3.24. The molecule has 1 amide bonds. The maximum absolute atomic E-state index is 10.1. The molecule has 1 aromatic rings. The molecular formula is C7H7N3OS. The lowest BCUT2D eigenvalue weighted by Crippen LogP contribution is -1.92. The molecule has 0 spiro atoms. The monoisotopic (exact) mass is 181 g/mol. The van der Waals surface area contributed by atoms with Crippen molar-refractivity contribution in [3.63, 3.8) is 0 Å². The van der Waals surface area contributed by atoms with Crippen molar-refractivity contribution in [2.75, 3.05) is 11.1 Å². The fourth-order valence-corrected chi connectivity index (χ4v) is 1.75. The van der Waals surface area contributed by atoms with E-state index in [-0.39, 0.29) is 0 Å². The van der Waals surface area contributed by atoms with E-state index in [2.05, 4.69) is 5.32 Å². The highest BCUT2D eigenvalue weighted by Gasteiger charge is 2.11. The Morgan fingerprint density at radius 1 is 1.75 bits per heavy atom. The van der Waals surface area contributed by atoms with Crippen LogP contribution in [0.25, 0.3) is 0 Å². The van der Waals surface area contributed by atoms with E-state index in [9.17, 15) is 4.79 Å². The van der Waals surface area contributed by atoms with Gasteiger partial charge in [-0.25, -0.2) is 0 Å². The van der Waals surface area contributed by atoms with Gasteiger partial charge in [0.1, 0.15) is 16.1 Å². The van der Waals surface area contributed by atoms with Crippen LogP contribution in [0.5, 0.6) is 0 Å². The molecule has 0 atom stereocenters. The van der Waals surface area contributed by atoms with Gasteiger partial charge in [0.25, 0.3) is 0 Å². The molecule has 0 saturated heterocycles. The summed E-state index contributed by atoms with van der Waals surface area (Å²) in [5, 5.41) is 12.2. The van der Waals surface area contributed by atoms with Gasteiger partial charge in [-0.1, -0.05) is 11.3 Å². The van der Waals surface area contributed by atoms with E-state index >= 15 is 0 Å². The first-order valence-corrected chi connectivity index (χ1v) is 4.01. The number of rotatable bonds is 2. The molecule has 0 bridgehead atoms. The van der Waals surface area contributed by atoms with Crippen LogP contribution in [0.2, 0.25) is 0 Å². The van der Waals surface area contributed by atoms with Crippen LogP contribution >= 0.6 is 11.3 Å². The first-order valence-electron chi connectivity index (χ1n) is 3.19. The van der Waals surface area contributed by atoms with Gasteiger partial charge in [0, 0.05) is 5.56 Å². The quantitative estimate of drug-likeness (QED) is 0.670. The normalized spacial score (nSPS) is 9.00. The van der Waals surface area contributed by atoms with E-state index in [0.29, 0.717) is 22.0 Å². The van der Waals surface area contributed by atoms with Gasteiger partial charge in [-0.2, -0.15) is 5.26 Å². The molecule has 0 aliphatic rings. The number of nitrogen functional groups attached to an aromatic ring is 1. The zero-order chi connectivity index (χ0) is 9.14. The third-order valence-corrected chi connectivity index (χ3v) is 2.53. The Morgan fingerprint density at radius 2 is 2.42 bits per heavy atom. The van der Waals surface area contributed by atoms with E-state index in [1.807, 2.05) is 6.07 Å². The molecule has 12 heavy (non-hydrogen) atoms. The largest absolute Gasteiger partial charge is 0.389 e. The van der Waals surface area contributed by atoms with Gasteiger partial charge in [-0.05, 0) is 6.92 Å². The Balaban J connectivity index is 3.19. The van der Waals surface area contributed by atoms with Crippen LogP contribution in [0, 0.1) is 18.3 Å². The first-order chi connectivity index (χ1) is 5.70. The van der Waals surface area contributed by atoms with Crippen molar-refractivity contribution < 1.29 is 4.79 Å². The summed E-state index contributed by atoms with van der Waals surface area (Å²) in [5.41, 5.74) is 6.70. The highest BCUT2D eigenvalue weighted by molar-refractivity contribution is 7.20. The fraction of sp³-hybridized carbons (Fsp3) is 0.143. The average Bonchev–Trinajstić information content (AvgIpc) is 2.29. The number of carbonyl (C=O) groups is 1. The number of hydrogen-bond donors (Lipinski definition) is 2. The molecule has 1 aromatic heterocycles. The Labute approximate surface area is 73.6 Å². The lowest BCUT2D eigenvalue weighted by molar-refractivity contribution is -0.105. The van der Waals surface area contributed by atoms with Crippen molar-refractivity contribution >= 4 is 27.7 Å². The first kappa shape index (κ1) is 8.56. The lowest BCUT2D eigenvalue weighted by atomic mass is 10.2. The topological polar surface area (TPSA) is 78.9 Å². The smallest absolute Gasteiger partial charge is 0.212 e. The van der Waals surface area contributed by atoms with E-state index in [1.165, 1.54) is 11.3 Å². The Morgan fingerprint density at radius 3 is 2.83 bits per heavy atom. The molecular weight excluding hydrogens is 174 g/mol. The summed E-state index contributed by atoms with van der Waals surface area (Å²) in [6.45, 7) is 1.75. The molecule has 0 unspecified atom stereocenters. The zero-order valence-electron chi connectivity index (χ0n) is 6.42. The predicted molar refractivity (Wildman–Crippen MR) is 47.9 cm³/mol. The number of nitriles is 1. The van der Waals surface area contributed by atoms with Gasteiger partial charge in [0.15, 0.2) is 0 Å². The van der Waals surface area contributed by atoms with E-state index in [0.717, 1.165) is 5.56 Å². The van der Waals surface area contributed by atoms with Gasteiger partial charge >= 0.3 is 0 Å². The maximum Gasteiger partial charge on any atom is 0.212 e. The number of nitrogens with zero attached hydrogens (tertiary/aromatic N) is 1. The maximum atomic E-state index is 10.1. The van der Waals surface area contributed by atoms with Crippen LogP contribution in [-0.4, -0.2) is 6.41 Å². The predicted octanol–water partition coefficient (Wildman–Crippen LogP) is 1.08. The molecule has 5 heteroatoms. The minimum atomic E-state index is 0.444. The fourth-order valence-electron chi connectivity index (χ4n) is 0.866. The van der Waals surface area contributed by atoms with Gasteiger partial charge in [-0.3, -0.25) is 4.79 Å². The summed E-state index contributed by atoms with van der Waals surface area (Å²) in [6, 6.07) is 1.97. The average molecular weight is 181 g/mol. The van der Waals surface area contributed by atoms with Crippen LogP contribution in [0.4, 0.5) is 10.0 Å². The Kier molecular flexibility index (Phi) is 2.31. The van der Waals surface area contributed by atoms with Crippen molar-refractivity contribution in [2.45, 2.75) is 6.92 Å². The van der Waals surface area contributed by atoms with Crippen molar-refractivity contribution in [3.05, 3.63) is 11.1 Å². The molecule has 0 aromatic carbocycles. The summed E-state index contributed by atoms with van der Waals surface area (Å²) in [7, 11) is 0. The number of nitrogens with one attached hydrogen (secondary N) is 1. The van der Waals surface area contributed by atoms with Crippen molar-refractivity contribution in [3.8, 4) is 6.07 Å². The molecule has 1 heterocycles. The number of amides is 1. The van der Waals surface area contributed by atoms with Crippen LogP contribution in [0.1, 0.15) is 11.1 Å². The molecule has 0 aliphatic heterocycles. The van der Waals surface area contributed by atoms with Gasteiger partial charge in [0.2, 0.25) is 6.41 Å². The van der Waals surface area contributed by atoms with Crippen LogP contribution in [0.3, 0.4) is 0 Å². The molecule has 0 fully saturated rings. The Bertz CT molecular complexity index is 350. The third-order valence-electron chi connectivity index (χ3n) is 1.48. The minimum absolute atomic E-state index is 0.444. The molecule has 4 nitrogen and oxygen atoms in total. The summed E-state index contributed by atoms with van der Waals surface area (Å²) in [5.74, 6) is 0. The highest BCUT2D eigenvalue weighted by atomic mass is 32.1. The standard InChI is InChI=1S/C7H7N3OS/c1-4-5(2-8)6(9)12-7(4)10-3-11/h3H,9H2,1H3,(H,10,11). The molecule has 0 aliphatic carbocycles. The van der Waals surface area contributed by atoms with Gasteiger partial charge < -0.3 is 11.1 Å². The van der Waals surface area contributed by atoms with Crippen molar-refractivity contribution in [1.82, 2.24) is 0 Å². The van der Waals surface area contributed by atoms with Crippen molar-refractivity contribution in [2.24, 2.45) is 0 Å². The minimum Gasteiger partial charge on any atom is -0.389 e. The van der Waals surface area contributed by atoms with E-state index in [4.69, 9.17) is 11.0 Å². The third kappa shape index (κ3) is 1.24. The Hall–Kier alpha value is -1.54. The van der Waals surface area contributed by atoms with E-state index < -0.39 is 0 Å². The number of anilines is 2. The highest BCUT2D eigenvalue weighted by Crippen LogP contribution is 2.33. The van der Waals surface area contributed by atoms with E-state index in [1.54, 1.807) is 6.92 Å². The van der Waals surface area contributed by atoms with Crippen molar-refractivity contribution in [1.29, 1.82) is 5.26 Å². The van der Waals surface area contributed by atoms with Crippen LogP contribution < -0.4 is 11.1 Å². The number of thiophene rings is 1. The number of hydrogen-bond acceptors (Lipinski definition) is 4.